The topological polar surface area (TPSA) is 153 Å². The molecule has 10 nitrogen and oxygen atoms in total. The zero-order valence-electron chi connectivity index (χ0n) is 34.5. The quantitative estimate of drug-likeness (QED) is 0.0800. The minimum atomic E-state index is 0.337. The molecule has 0 saturated heterocycles. The first-order chi connectivity index (χ1) is 31.4. The smallest absolute Gasteiger partial charge is 0.0885 e. The molecule has 0 fully saturated rings. The molecular weight excluding hydrogens is 789 g/mol. The minimum Gasteiger partial charge on any atom is -0.311 e. The van der Waals surface area contributed by atoms with E-state index < -0.39 is 0 Å². The van der Waals surface area contributed by atoms with Gasteiger partial charge >= 0.3 is 0 Å². The highest BCUT2D eigenvalue weighted by atomic mass is 15.2. The summed E-state index contributed by atoms with van der Waals surface area (Å²) >= 11 is 0. The molecule has 0 atom stereocenters. The summed E-state index contributed by atoms with van der Waals surface area (Å²) in [4.78, 5) is 21.8. The van der Waals surface area contributed by atoms with Crippen LogP contribution in [-0.2, 0) is 0 Å². The molecule has 10 heteroatoms. The Hall–Kier alpha value is -9.02. The molecule has 9 rings (SSSR count). The summed E-state index contributed by atoms with van der Waals surface area (Å²) in [6.07, 6.45) is 6.77. The molecule has 4 N–H and O–H groups in total. The number of anilines is 6. The van der Waals surface area contributed by atoms with E-state index in [1.165, 1.54) is 0 Å². The molecule has 0 saturated carbocycles. The standard InChI is InChI=1S/C54H40N10/c55-51(47-9-1-5-33-59-47)37-13-21-41(22-14-37)63(42-23-15-38(16-24-42)52(56)48-10-2-6-34-60-48)45-29-31-46(32-30-45)64(43-25-17-39(18-26-43)53(57)49-11-3-7-35-61-49)44-27-19-40(20-28-44)54(58)50-12-4-8-36-62-50/h1-36,55-58H. The zero-order chi connectivity index (χ0) is 43.8. The maximum Gasteiger partial charge on any atom is 0.0885 e. The fourth-order valence-electron chi connectivity index (χ4n) is 7.39. The number of nitrogens with zero attached hydrogens (tertiary/aromatic N) is 6. The van der Waals surface area contributed by atoms with Crippen LogP contribution in [0.5, 0.6) is 0 Å². The SMILES string of the molecule is N=C(c1ccc(N(c2ccc(C(=N)c3ccccn3)cc2)c2ccc(N(c3ccc(C(=N)c4ccccn4)cc3)c3ccc(C(=N)c4ccccn4)cc3)cc2)cc1)c1ccccn1. The van der Waals surface area contributed by atoms with Gasteiger partial charge in [-0.2, -0.15) is 0 Å². The van der Waals surface area contributed by atoms with Gasteiger partial charge in [-0.3, -0.25) is 41.6 Å². The maximum atomic E-state index is 8.83. The Morgan fingerprint density at radius 3 is 0.609 bits per heavy atom. The first-order valence-electron chi connectivity index (χ1n) is 20.5. The van der Waals surface area contributed by atoms with E-state index in [1.54, 1.807) is 24.8 Å². The predicted octanol–water partition coefficient (Wildman–Crippen LogP) is 11.9. The Labute approximate surface area is 370 Å². The molecule has 0 aliphatic rings. The van der Waals surface area contributed by atoms with Gasteiger partial charge in [-0.25, -0.2) is 0 Å². The monoisotopic (exact) mass is 828 g/mol. The molecule has 4 heterocycles. The molecule has 0 bridgehead atoms. The van der Waals surface area contributed by atoms with Crippen LogP contribution >= 0.6 is 0 Å². The van der Waals surface area contributed by atoms with E-state index in [0.717, 1.165) is 56.4 Å². The van der Waals surface area contributed by atoms with Crippen molar-refractivity contribution in [3.05, 3.63) is 264 Å². The first-order valence-corrected chi connectivity index (χ1v) is 20.5. The number of pyridine rings is 4. The van der Waals surface area contributed by atoms with Crippen LogP contribution in [-0.4, -0.2) is 42.8 Å². The minimum absolute atomic E-state index is 0.337. The molecular formula is C54H40N10. The highest BCUT2D eigenvalue weighted by molar-refractivity contribution is 6.12. The second-order valence-electron chi connectivity index (χ2n) is 14.7. The second kappa shape index (κ2) is 18.3. The van der Waals surface area contributed by atoms with Crippen molar-refractivity contribution in [3.8, 4) is 0 Å². The molecule has 0 radical (unpaired) electrons. The molecule has 0 aliphatic carbocycles. The molecule has 0 unspecified atom stereocenters. The molecule has 9 aromatic rings. The Kier molecular flexibility index (Phi) is 11.6. The lowest BCUT2D eigenvalue weighted by molar-refractivity contribution is 1.24. The van der Waals surface area contributed by atoms with Gasteiger partial charge in [0, 0.05) is 81.2 Å². The number of benzene rings is 5. The zero-order valence-corrected chi connectivity index (χ0v) is 34.5. The van der Waals surface area contributed by atoms with Crippen LogP contribution < -0.4 is 9.80 Å². The summed E-state index contributed by atoms with van der Waals surface area (Å²) in [7, 11) is 0. The van der Waals surface area contributed by atoms with Crippen molar-refractivity contribution >= 4 is 57.0 Å². The van der Waals surface area contributed by atoms with Crippen LogP contribution in [0.1, 0.15) is 45.0 Å². The van der Waals surface area contributed by atoms with Crippen molar-refractivity contribution in [2.24, 2.45) is 0 Å². The molecule has 0 amide bonds. The van der Waals surface area contributed by atoms with Crippen molar-refractivity contribution in [1.29, 1.82) is 21.6 Å². The number of aromatic nitrogens is 4. The van der Waals surface area contributed by atoms with E-state index in [4.69, 9.17) is 21.6 Å². The molecule has 0 aliphatic heterocycles. The van der Waals surface area contributed by atoms with Crippen LogP contribution in [0.15, 0.2) is 219 Å². The van der Waals surface area contributed by atoms with Gasteiger partial charge in [0.05, 0.1) is 45.6 Å². The van der Waals surface area contributed by atoms with E-state index in [2.05, 4.69) is 54.0 Å². The lowest BCUT2D eigenvalue weighted by atomic mass is 10.0. The largest absolute Gasteiger partial charge is 0.311 e. The summed E-state index contributed by atoms with van der Waals surface area (Å²) in [5, 5.41) is 35.3. The Morgan fingerprint density at radius 2 is 0.438 bits per heavy atom. The van der Waals surface area contributed by atoms with E-state index in [9.17, 15) is 0 Å². The normalized spacial score (nSPS) is 10.8. The van der Waals surface area contributed by atoms with Crippen LogP contribution in [0.4, 0.5) is 34.1 Å². The van der Waals surface area contributed by atoms with E-state index >= 15 is 0 Å². The third kappa shape index (κ3) is 8.60. The van der Waals surface area contributed by atoms with Crippen LogP contribution in [0.3, 0.4) is 0 Å². The van der Waals surface area contributed by atoms with Crippen LogP contribution in [0, 0.1) is 21.6 Å². The second-order valence-corrected chi connectivity index (χ2v) is 14.7. The highest BCUT2D eigenvalue weighted by Gasteiger charge is 2.19. The van der Waals surface area contributed by atoms with Crippen molar-refractivity contribution in [3.63, 3.8) is 0 Å². The summed E-state index contributed by atoms with van der Waals surface area (Å²) in [5.41, 5.74) is 12.0. The summed E-state index contributed by atoms with van der Waals surface area (Å²) in [6.45, 7) is 0. The van der Waals surface area contributed by atoms with Gasteiger partial charge in [-0.15, -0.1) is 0 Å². The molecule has 4 aromatic heterocycles. The average Bonchev–Trinajstić information content (AvgIpc) is 3.38. The van der Waals surface area contributed by atoms with Gasteiger partial charge in [-0.1, -0.05) is 72.8 Å². The molecule has 5 aromatic carbocycles. The maximum absolute atomic E-state index is 8.83. The fourth-order valence-corrected chi connectivity index (χ4v) is 7.39. The molecule has 0 spiro atoms. The molecule has 64 heavy (non-hydrogen) atoms. The van der Waals surface area contributed by atoms with Crippen molar-refractivity contribution in [1.82, 2.24) is 19.9 Å². The number of hydrogen-bond acceptors (Lipinski definition) is 10. The van der Waals surface area contributed by atoms with Gasteiger partial charge in [0.15, 0.2) is 0 Å². The van der Waals surface area contributed by atoms with Gasteiger partial charge < -0.3 is 9.80 Å². The third-order valence-corrected chi connectivity index (χ3v) is 10.7. The van der Waals surface area contributed by atoms with Crippen molar-refractivity contribution < 1.29 is 0 Å². The fraction of sp³-hybridized carbons (Fsp3) is 0. The lowest BCUT2D eigenvalue weighted by Crippen LogP contribution is -2.13. The van der Waals surface area contributed by atoms with Crippen LogP contribution in [0.2, 0.25) is 0 Å². The van der Waals surface area contributed by atoms with Gasteiger partial charge in [0.2, 0.25) is 0 Å². The molecule has 306 valence electrons. The van der Waals surface area contributed by atoms with Gasteiger partial charge in [0.1, 0.15) is 0 Å². The van der Waals surface area contributed by atoms with Crippen LogP contribution in [0.25, 0.3) is 0 Å². The summed E-state index contributed by atoms with van der Waals surface area (Å²) in [6, 6.07) is 62.1. The van der Waals surface area contributed by atoms with Gasteiger partial charge in [0.25, 0.3) is 0 Å². The average molecular weight is 829 g/mol. The Morgan fingerprint density at radius 1 is 0.250 bits per heavy atom. The van der Waals surface area contributed by atoms with E-state index in [-0.39, 0.29) is 0 Å². The number of hydrogen-bond donors (Lipinski definition) is 4. The first kappa shape index (κ1) is 40.4. The summed E-state index contributed by atoms with van der Waals surface area (Å²) < 4.78 is 0. The number of nitrogens with one attached hydrogen (secondary N) is 4. The Balaban J connectivity index is 1.08. The van der Waals surface area contributed by atoms with Crippen molar-refractivity contribution in [2.75, 3.05) is 9.80 Å². The summed E-state index contributed by atoms with van der Waals surface area (Å²) in [5.74, 6) is 0. The number of rotatable bonds is 14. The lowest BCUT2D eigenvalue weighted by Gasteiger charge is -2.29. The van der Waals surface area contributed by atoms with E-state index in [0.29, 0.717) is 45.6 Å². The van der Waals surface area contributed by atoms with E-state index in [1.807, 2.05) is 170 Å². The third-order valence-electron chi connectivity index (χ3n) is 10.7. The Bertz CT molecular complexity index is 2650. The van der Waals surface area contributed by atoms with Gasteiger partial charge in [-0.05, 0) is 121 Å². The van der Waals surface area contributed by atoms with Crippen molar-refractivity contribution in [2.45, 2.75) is 0 Å². The highest BCUT2D eigenvalue weighted by Crippen LogP contribution is 2.39. The predicted molar refractivity (Wildman–Crippen MR) is 256 cm³/mol.